The van der Waals surface area contributed by atoms with Crippen LogP contribution in [-0.2, 0) is 38.1 Å². The van der Waals surface area contributed by atoms with Crippen molar-refractivity contribution < 1.29 is 38.1 Å². The van der Waals surface area contributed by atoms with Crippen LogP contribution < -0.4 is 0 Å². The van der Waals surface area contributed by atoms with E-state index in [1.165, 1.54) is 13.8 Å². The van der Waals surface area contributed by atoms with Gasteiger partial charge >= 0.3 is 23.9 Å². The molecule has 1 heterocycles. The topological polar surface area (TPSA) is 105 Å². The second kappa shape index (κ2) is 5.99. The molecule has 18 heavy (non-hydrogen) atoms. The molecule has 0 aromatic rings. The van der Waals surface area contributed by atoms with E-state index in [9.17, 15) is 19.2 Å². The summed E-state index contributed by atoms with van der Waals surface area (Å²) in [4.78, 5) is 44.9. The Bertz CT molecular complexity index is 338. The third-order valence-corrected chi connectivity index (χ3v) is 1.95. The van der Waals surface area contributed by atoms with Gasteiger partial charge in [0.25, 0.3) is 0 Å². The van der Waals surface area contributed by atoms with Gasteiger partial charge in [-0.15, -0.1) is 0 Å². The van der Waals surface area contributed by atoms with Gasteiger partial charge in [0.1, 0.15) is 0 Å². The zero-order chi connectivity index (χ0) is 13.7. The highest BCUT2D eigenvalue weighted by Gasteiger charge is 2.48. The molecule has 0 saturated carbocycles. The van der Waals surface area contributed by atoms with Crippen molar-refractivity contribution in [2.75, 3.05) is 13.2 Å². The third-order valence-electron chi connectivity index (χ3n) is 1.95. The molecule has 1 aliphatic heterocycles. The molecular formula is C10H12O8. The van der Waals surface area contributed by atoms with Crippen molar-refractivity contribution in [1.29, 1.82) is 0 Å². The first-order valence-electron chi connectivity index (χ1n) is 5.26. The molecule has 2 unspecified atom stereocenters. The maximum Gasteiger partial charge on any atom is 0.418 e. The number of hydrogen-bond acceptors (Lipinski definition) is 8. The minimum Gasteiger partial charge on any atom is -0.463 e. The summed E-state index contributed by atoms with van der Waals surface area (Å²) in [7, 11) is 0. The van der Waals surface area contributed by atoms with Gasteiger partial charge < -0.3 is 18.9 Å². The fourth-order valence-corrected chi connectivity index (χ4v) is 1.24. The number of ether oxygens (including phenoxy) is 4. The Balaban J connectivity index is 2.86. The largest absolute Gasteiger partial charge is 0.463 e. The summed E-state index contributed by atoms with van der Waals surface area (Å²) in [5.74, 6) is -4.66. The summed E-state index contributed by atoms with van der Waals surface area (Å²) in [6.45, 7) is 3.12. The first-order chi connectivity index (χ1) is 8.51. The Morgan fingerprint density at radius 2 is 1.28 bits per heavy atom. The van der Waals surface area contributed by atoms with Gasteiger partial charge in [-0.3, -0.25) is 0 Å². The molecule has 2 atom stereocenters. The summed E-state index contributed by atoms with van der Waals surface area (Å²) in [5.41, 5.74) is 0. The van der Waals surface area contributed by atoms with Gasteiger partial charge in [0.2, 0.25) is 12.2 Å². The first-order valence-corrected chi connectivity index (χ1v) is 5.26. The Kier molecular flexibility index (Phi) is 4.64. The fraction of sp³-hybridized carbons (Fsp3) is 0.600. The summed E-state index contributed by atoms with van der Waals surface area (Å²) < 4.78 is 18.2. The van der Waals surface area contributed by atoms with Crippen LogP contribution >= 0.6 is 0 Å². The van der Waals surface area contributed by atoms with Crippen LogP contribution in [0.5, 0.6) is 0 Å². The van der Waals surface area contributed by atoms with Crippen LogP contribution in [-0.4, -0.2) is 49.3 Å². The molecule has 8 nitrogen and oxygen atoms in total. The van der Waals surface area contributed by atoms with Crippen LogP contribution in [0.4, 0.5) is 0 Å². The third kappa shape index (κ3) is 2.96. The predicted molar refractivity (Wildman–Crippen MR) is 53.0 cm³/mol. The molecule has 0 aromatic carbocycles. The molecule has 1 saturated heterocycles. The van der Waals surface area contributed by atoms with Gasteiger partial charge in [-0.1, -0.05) is 0 Å². The monoisotopic (exact) mass is 260 g/mol. The highest BCUT2D eigenvalue weighted by atomic mass is 16.7. The van der Waals surface area contributed by atoms with E-state index in [-0.39, 0.29) is 13.2 Å². The first kappa shape index (κ1) is 13.9. The lowest BCUT2D eigenvalue weighted by atomic mass is 10.2. The predicted octanol–water partition coefficient (Wildman–Crippen LogP) is -1.05. The molecule has 0 aromatic heterocycles. The van der Waals surface area contributed by atoms with Crippen molar-refractivity contribution in [3.8, 4) is 0 Å². The second-order valence-corrected chi connectivity index (χ2v) is 3.16. The van der Waals surface area contributed by atoms with E-state index in [4.69, 9.17) is 0 Å². The molecule has 1 rings (SSSR count). The number of rotatable bonds is 4. The zero-order valence-electron chi connectivity index (χ0n) is 9.83. The Labute approximate surface area is 102 Å². The van der Waals surface area contributed by atoms with Gasteiger partial charge in [-0.25, -0.2) is 19.2 Å². The van der Waals surface area contributed by atoms with E-state index in [0.29, 0.717) is 0 Å². The normalized spacial score (nSPS) is 22.8. The minimum atomic E-state index is -1.63. The number of cyclic esters (lactones) is 2. The summed E-state index contributed by atoms with van der Waals surface area (Å²) in [5, 5.41) is 0. The zero-order valence-corrected chi connectivity index (χ0v) is 9.83. The Morgan fingerprint density at radius 1 is 0.944 bits per heavy atom. The average molecular weight is 260 g/mol. The smallest absolute Gasteiger partial charge is 0.418 e. The standard InChI is InChI=1S/C10H12O8/c1-3-15-7(11)5-6(8(12)16-4-2)18-10(14)9(13)17-5/h5-6H,3-4H2,1-2H3. The fourth-order valence-electron chi connectivity index (χ4n) is 1.24. The molecular weight excluding hydrogens is 248 g/mol. The lowest BCUT2D eigenvalue weighted by molar-refractivity contribution is -0.208. The molecule has 0 spiro atoms. The summed E-state index contributed by atoms with van der Waals surface area (Å²) >= 11 is 0. The highest BCUT2D eigenvalue weighted by Crippen LogP contribution is 2.15. The molecule has 0 amide bonds. The van der Waals surface area contributed by atoms with E-state index in [0.717, 1.165) is 0 Å². The van der Waals surface area contributed by atoms with Crippen LogP contribution in [0.3, 0.4) is 0 Å². The van der Waals surface area contributed by atoms with Crippen LogP contribution in [0, 0.1) is 0 Å². The molecule has 0 bridgehead atoms. The lowest BCUT2D eigenvalue weighted by Gasteiger charge is -2.26. The second-order valence-electron chi connectivity index (χ2n) is 3.16. The van der Waals surface area contributed by atoms with Crippen molar-refractivity contribution in [1.82, 2.24) is 0 Å². The molecule has 0 radical (unpaired) electrons. The number of hydrogen-bond donors (Lipinski definition) is 0. The number of carbonyl (C=O) groups excluding carboxylic acids is 4. The molecule has 100 valence electrons. The van der Waals surface area contributed by atoms with Crippen molar-refractivity contribution in [2.24, 2.45) is 0 Å². The summed E-state index contributed by atoms with van der Waals surface area (Å²) in [6, 6.07) is 0. The van der Waals surface area contributed by atoms with Crippen molar-refractivity contribution in [2.45, 2.75) is 26.1 Å². The molecule has 8 heteroatoms. The van der Waals surface area contributed by atoms with Crippen molar-refractivity contribution >= 4 is 23.9 Å². The average Bonchev–Trinajstić information content (AvgIpc) is 2.32. The number of esters is 4. The van der Waals surface area contributed by atoms with Gasteiger partial charge in [-0.05, 0) is 13.8 Å². The van der Waals surface area contributed by atoms with Crippen LogP contribution in [0.25, 0.3) is 0 Å². The molecule has 1 aliphatic rings. The van der Waals surface area contributed by atoms with Gasteiger partial charge in [-0.2, -0.15) is 0 Å². The van der Waals surface area contributed by atoms with Gasteiger partial charge in [0.15, 0.2) is 0 Å². The van der Waals surface area contributed by atoms with E-state index in [1.54, 1.807) is 0 Å². The van der Waals surface area contributed by atoms with Gasteiger partial charge in [0.05, 0.1) is 13.2 Å². The van der Waals surface area contributed by atoms with Crippen LogP contribution in [0.15, 0.2) is 0 Å². The van der Waals surface area contributed by atoms with Crippen LogP contribution in [0.2, 0.25) is 0 Å². The minimum absolute atomic E-state index is 0.0242. The molecule has 0 N–H and O–H groups in total. The Morgan fingerprint density at radius 3 is 1.56 bits per heavy atom. The summed E-state index contributed by atoms with van der Waals surface area (Å²) in [6.07, 6.45) is -3.26. The Hall–Kier alpha value is -2.12. The lowest BCUT2D eigenvalue weighted by Crippen LogP contribution is -2.53. The van der Waals surface area contributed by atoms with E-state index >= 15 is 0 Å². The molecule has 1 fully saturated rings. The van der Waals surface area contributed by atoms with Crippen LogP contribution in [0.1, 0.15) is 13.8 Å². The maximum absolute atomic E-state index is 11.5. The van der Waals surface area contributed by atoms with E-state index in [1.807, 2.05) is 0 Å². The number of carbonyl (C=O) groups is 4. The quantitative estimate of drug-likeness (QED) is 0.358. The maximum atomic E-state index is 11.5. The van der Waals surface area contributed by atoms with E-state index in [2.05, 4.69) is 18.9 Å². The highest BCUT2D eigenvalue weighted by molar-refractivity contribution is 6.31. The SMILES string of the molecule is CCOC(=O)C1OC(=O)C(=O)OC1C(=O)OCC. The molecule has 0 aliphatic carbocycles. The van der Waals surface area contributed by atoms with Gasteiger partial charge in [0, 0.05) is 0 Å². The van der Waals surface area contributed by atoms with E-state index < -0.39 is 36.1 Å². The van der Waals surface area contributed by atoms with Crippen molar-refractivity contribution in [3.05, 3.63) is 0 Å². The van der Waals surface area contributed by atoms with Crippen molar-refractivity contribution in [3.63, 3.8) is 0 Å².